The summed E-state index contributed by atoms with van der Waals surface area (Å²) in [5.74, 6) is -0.125. The van der Waals surface area contributed by atoms with Gasteiger partial charge < -0.3 is 10.2 Å². The van der Waals surface area contributed by atoms with Crippen LogP contribution in [0.25, 0.3) is 0 Å². The SMILES string of the molecule is CC(=O)/C=C(/C)O.CC(=O)/C=C(/C)O.[Co]. The quantitative estimate of drug-likeness (QED) is 0.588. The van der Waals surface area contributed by atoms with Crippen LogP contribution in [0.3, 0.4) is 0 Å². The summed E-state index contributed by atoms with van der Waals surface area (Å²) in [5, 5.41) is 16.7. The molecule has 2 N–H and O–H groups in total. The molecule has 0 aromatic heterocycles. The fourth-order valence-corrected chi connectivity index (χ4v) is 0.588. The Bertz CT molecular complexity index is 231. The van der Waals surface area contributed by atoms with E-state index < -0.39 is 0 Å². The van der Waals surface area contributed by atoms with Gasteiger partial charge in [-0.2, -0.15) is 0 Å². The second-order valence-corrected chi connectivity index (χ2v) is 2.79. The molecule has 0 saturated carbocycles. The van der Waals surface area contributed by atoms with Gasteiger partial charge in [-0.05, 0) is 27.7 Å². The van der Waals surface area contributed by atoms with Gasteiger partial charge in [-0.25, -0.2) is 0 Å². The summed E-state index contributed by atoms with van der Waals surface area (Å²) in [6.45, 7) is 5.70. The van der Waals surface area contributed by atoms with E-state index in [1.54, 1.807) is 0 Å². The summed E-state index contributed by atoms with van der Waals surface area (Å²) in [6, 6.07) is 0. The molecule has 0 aromatic carbocycles. The summed E-state index contributed by atoms with van der Waals surface area (Å²) < 4.78 is 0. The van der Waals surface area contributed by atoms with Crippen LogP contribution in [0.15, 0.2) is 23.7 Å². The van der Waals surface area contributed by atoms with E-state index >= 15 is 0 Å². The van der Waals surface area contributed by atoms with Gasteiger partial charge in [-0.3, -0.25) is 9.59 Å². The van der Waals surface area contributed by atoms with Crippen LogP contribution in [0.2, 0.25) is 0 Å². The van der Waals surface area contributed by atoms with Gasteiger partial charge in [-0.1, -0.05) is 0 Å². The second kappa shape index (κ2) is 11.0. The number of hydrogen-bond donors (Lipinski definition) is 2. The molecular weight excluding hydrogens is 243 g/mol. The molecule has 0 aliphatic rings. The molecule has 0 rings (SSSR count). The van der Waals surface area contributed by atoms with Crippen molar-refractivity contribution in [3.63, 3.8) is 0 Å². The van der Waals surface area contributed by atoms with Crippen LogP contribution in [-0.4, -0.2) is 21.8 Å². The number of allylic oxidation sites excluding steroid dienone is 4. The van der Waals surface area contributed by atoms with Crippen LogP contribution in [0, 0.1) is 0 Å². The molecule has 0 aromatic rings. The number of rotatable bonds is 2. The smallest absolute Gasteiger partial charge is 0.155 e. The number of aliphatic hydroxyl groups excluding tert-OH is 2. The molecule has 0 spiro atoms. The van der Waals surface area contributed by atoms with Crippen LogP contribution in [0.5, 0.6) is 0 Å². The van der Waals surface area contributed by atoms with Gasteiger partial charge in [0.05, 0.1) is 11.5 Å². The predicted molar refractivity (Wildman–Crippen MR) is 54.1 cm³/mol. The van der Waals surface area contributed by atoms with Gasteiger partial charge in [-0.15, -0.1) is 0 Å². The van der Waals surface area contributed by atoms with Crippen molar-refractivity contribution in [2.75, 3.05) is 0 Å². The van der Waals surface area contributed by atoms with Crippen LogP contribution in [0.4, 0.5) is 0 Å². The molecule has 0 aliphatic carbocycles. The molecule has 1 radical (unpaired) electrons. The standard InChI is InChI=1S/2C5H8O2.Co/c2*1-4(6)3-5(2)7;/h2*3,6H,1-2H3;/b2*4-3-;. The Balaban J connectivity index is -0.000000180. The molecule has 15 heavy (non-hydrogen) atoms. The van der Waals surface area contributed by atoms with Crippen molar-refractivity contribution in [1.82, 2.24) is 0 Å². The fraction of sp³-hybridized carbons (Fsp3) is 0.400. The van der Waals surface area contributed by atoms with E-state index in [9.17, 15) is 9.59 Å². The zero-order valence-corrected chi connectivity index (χ0v) is 10.2. The molecular formula is C10H16CoO4. The van der Waals surface area contributed by atoms with Crippen LogP contribution < -0.4 is 0 Å². The Kier molecular flexibility index (Phi) is 14.3. The van der Waals surface area contributed by atoms with Crippen molar-refractivity contribution < 1.29 is 36.6 Å². The molecule has 4 nitrogen and oxygen atoms in total. The van der Waals surface area contributed by atoms with E-state index in [0.29, 0.717) is 0 Å². The molecule has 0 bridgehead atoms. The van der Waals surface area contributed by atoms with E-state index in [1.165, 1.54) is 39.8 Å². The van der Waals surface area contributed by atoms with Gasteiger partial charge in [0.25, 0.3) is 0 Å². The minimum Gasteiger partial charge on any atom is -0.512 e. The summed E-state index contributed by atoms with van der Waals surface area (Å²) in [4.78, 5) is 20.0. The van der Waals surface area contributed by atoms with Crippen molar-refractivity contribution in [2.45, 2.75) is 27.7 Å². The number of carbonyl (C=O) groups is 2. The summed E-state index contributed by atoms with van der Waals surface area (Å²) in [5.41, 5.74) is 0. The first kappa shape index (κ1) is 19.5. The molecule has 0 unspecified atom stereocenters. The maximum atomic E-state index is 10.0. The largest absolute Gasteiger partial charge is 0.512 e. The number of ketones is 2. The summed E-state index contributed by atoms with van der Waals surface area (Å²) >= 11 is 0. The third-order valence-corrected chi connectivity index (χ3v) is 0.824. The molecule has 0 atom stereocenters. The van der Waals surface area contributed by atoms with Crippen molar-refractivity contribution in [3.05, 3.63) is 23.7 Å². The molecule has 0 aliphatic heterocycles. The average molecular weight is 259 g/mol. The van der Waals surface area contributed by atoms with Crippen molar-refractivity contribution in [3.8, 4) is 0 Å². The Labute approximate surface area is 99.9 Å². The molecule has 89 valence electrons. The predicted octanol–water partition coefficient (Wildman–Crippen LogP) is 2.07. The Hall–Kier alpha value is -1.07. The number of hydrogen-bond acceptors (Lipinski definition) is 4. The minimum atomic E-state index is -0.125. The van der Waals surface area contributed by atoms with Crippen molar-refractivity contribution in [1.29, 1.82) is 0 Å². The average Bonchev–Trinajstić information content (AvgIpc) is 1.79. The molecule has 0 heterocycles. The first-order valence-electron chi connectivity index (χ1n) is 4.01. The maximum Gasteiger partial charge on any atom is 0.155 e. The first-order chi connectivity index (χ1) is 6.25. The van der Waals surface area contributed by atoms with Gasteiger partial charge in [0, 0.05) is 28.9 Å². The van der Waals surface area contributed by atoms with Crippen molar-refractivity contribution in [2.24, 2.45) is 0 Å². The zero-order chi connectivity index (χ0) is 11.7. The summed E-state index contributed by atoms with van der Waals surface area (Å²) in [6.07, 6.45) is 2.33. The summed E-state index contributed by atoms with van der Waals surface area (Å²) in [7, 11) is 0. The third kappa shape index (κ3) is 32.2. The van der Waals surface area contributed by atoms with Gasteiger partial charge in [0.15, 0.2) is 11.6 Å². The van der Waals surface area contributed by atoms with E-state index in [2.05, 4.69) is 0 Å². The fourth-order valence-electron chi connectivity index (χ4n) is 0.588. The molecule has 0 fully saturated rings. The molecule has 5 heteroatoms. The Morgan fingerprint density at radius 2 is 1.00 bits per heavy atom. The van der Waals surface area contributed by atoms with E-state index in [4.69, 9.17) is 10.2 Å². The minimum absolute atomic E-state index is 0. The second-order valence-electron chi connectivity index (χ2n) is 2.79. The number of carbonyl (C=O) groups excluding carboxylic acids is 2. The maximum absolute atomic E-state index is 10.0. The van der Waals surface area contributed by atoms with E-state index in [0.717, 1.165) is 0 Å². The third-order valence-electron chi connectivity index (χ3n) is 0.824. The van der Waals surface area contributed by atoms with Crippen LogP contribution in [-0.2, 0) is 26.4 Å². The Morgan fingerprint density at radius 1 is 0.800 bits per heavy atom. The first-order valence-corrected chi connectivity index (χ1v) is 4.01. The van der Waals surface area contributed by atoms with Crippen LogP contribution >= 0.6 is 0 Å². The zero-order valence-electron chi connectivity index (χ0n) is 9.20. The van der Waals surface area contributed by atoms with Crippen LogP contribution in [0.1, 0.15) is 27.7 Å². The van der Waals surface area contributed by atoms with Gasteiger partial charge in [0.2, 0.25) is 0 Å². The topological polar surface area (TPSA) is 74.6 Å². The Morgan fingerprint density at radius 3 is 1.00 bits per heavy atom. The van der Waals surface area contributed by atoms with Crippen molar-refractivity contribution >= 4 is 11.6 Å². The van der Waals surface area contributed by atoms with Gasteiger partial charge >= 0.3 is 0 Å². The number of aliphatic hydroxyl groups is 2. The normalized spacial score (nSPS) is 10.7. The molecule has 0 amide bonds. The monoisotopic (exact) mass is 259 g/mol. The van der Waals surface area contributed by atoms with Gasteiger partial charge in [0.1, 0.15) is 0 Å². The molecule has 0 saturated heterocycles. The van der Waals surface area contributed by atoms with E-state index in [-0.39, 0.29) is 39.9 Å². The van der Waals surface area contributed by atoms with E-state index in [1.807, 2.05) is 0 Å².